The predicted molar refractivity (Wildman–Crippen MR) is 86.5 cm³/mol. The van der Waals surface area contributed by atoms with Gasteiger partial charge in [-0.15, -0.1) is 0 Å². The van der Waals surface area contributed by atoms with Crippen molar-refractivity contribution in [3.63, 3.8) is 0 Å². The molecule has 1 aliphatic carbocycles. The second-order valence-electron chi connectivity index (χ2n) is 6.07. The van der Waals surface area contributed by atoms with Gasteiger partial charge in [-0.3, -0.25) is 4.79 Å². The van der Waals surface area contributed by atoms with Gasteiger partial charge in [0.15, 0.2) is 0 Å². The Morgan fingerprint density at radius 2 is 1.91 bits per heavy atom. The Hall–Kier alpha value is -2.24. The van der Waals surface area contributed by atoms with Crippen molar-refractivity contribution in [2.75, 3.05) is 7.11 Å². The molecule has 23 heavy (non-hydrogen) atoms. The third-order valence-corrected chi connectivity index (χ3v) is 4.21. The minimum atomic E-state index is -0.735. The van der Waals surface area contributed by atoms with Gasteiger partial charge in [0.1, 0.15) is 5.75 Å². The van der Waals surface area contributed by atoms with Crippen LogP contribution in [0.3, 0.4) is 0 Å². The van der Waals surface area contributed by atoms with Crippen LogP contribution in [0.15, 0.2) is 18.2 Å². The third kappa shape index (κ3) is 5.16. The lowest BCUT2D eigenvalue weighted by molar-refractivity contribution is -0.142. The molecule has 0 aliphatic heterocycles. The normalized spacial score (nSPS) is 20.6. The van der Waals surface area contributed by atoms with Crippen molar-refractivity contribution in [2.24, 2.45) is 5.92 Å². The number of hydrogen-bond acceptors (Lipinski definition) is 3. The van der Waals surface area contributed by atoms with E-state index in [1.165, 1.54) is 0 Å². The van der Waals surface area contributed by atoms with Crippen LogP contribution in [0.2, 0.25) is 0 Å². The molecule has 2 amide bonds. The van der Waals surface area contributed by atoms with Crippen LogP contribution in [-0.2, 0) is 11.3 Å². The molecule has 0 aromatic heterocycles. The number of carbonyl (C=O) groups is 2. The summed E-state index contributed by atoms with van der Waals surface area (Å²) in [6.07, 6.45) is 2.66. The Morgan fingerprint density at radius 1 is 1.22 bits per heavy atom. The lowest BCUT2D eigenvalue weighted by atomic mass is 9.86. The molecule has 0 unspecified atom stereocenters. The Bertz CT molecular complexity index is 566. The van der Waals surface area contributed by atoms with Crippen molar-refractivity contribution in [1.82, 2.24) is 10.6 Å². The van der Waals surface area contributed by atoms with Gasteiger partial charge in [-0.2, -0.15) is 0 Å². The summed E-state index contributed by atoms with van der Waals surface area (Å²) in [7, 11) is 1.62. The first-order valence-corrected chi connectivity index (χ1v) is 7.89. The molecular weight excluding hydrogens is 296 g/mol. The summed E-state index contributed by atoms with van der Waals surface area (Å²) in [5.41, 5.74) is 2.06. The van der Waals surface area contributed by atoms with Crippen LogP contribution >= 0.6 is 0 Å². The van der Waals surface area contributed by atoms with E-state index in [0.29, 0.717) is 32.2 Å². The van der Waals surface area contributed by atoms with E-state index in [1.54, 1.807) is 7.11 Å². The number of ether oxygens (including phenoxy) is 1. The topological polar surface area (TPSA) is 87.7 Å². The van der Waals surface area contributed by atoms with Gasteiger partial charge in [0.25, 0.3) is 0 Å². The number of carbonyl (C=O) groups excluding carboxylic acids is 1. The van der Waals surface area contributed by atoms with Crippen molar-refractivity contribution in [2.45, 2.75) is 45.2 Å². The first-order valence-electron chi connectivity index (χ1n) is 7.89. The van der Waals surface area contributed by atoms with Crippen LogP contribution in [0.4, 0.5) is 4.79 Å². The van der Waals surface area contributed by atoms with Crippen LogP contribution in [0.25, 0.3) is 0 Å². The molecule has 1 aliphatic rings. The summed E-state index contributed by atoms with van der Waals surface area (Å²) in [4.78, 5) is 22.9. The van der Waals surface area contributed by atoms with E-state index in [0.717, 1.165) is 16.9 Å². The number of urea groups is 1. The molecule has 6 heteroatoms. The zero-order valence-electron chi connectivity index (χ0n) is 13.6. The first-order chi connectivity index (χ1) is 11.0. The molecule has 1 aromatic carbocycles. The quantitative estimate of drug-likeness (QED) is 0.777. The number of hydrogen-bond donors (Lipinski definition) is 3. The molecule has 3 N–H and O–H groups in total. The monoisotopic (exact) mass is 320 g/mol. The first kappa shape index (κ1) is 17.1. The minimum absolute atomic E-state index is 0.0534. The van der Waals surface area contributed by atoms with E-state index in [9.17, 15) is 9.59 Å². The Labute approximate surface area is 136 Å². The van der Waals surface area contributed by atoms with Gasteiger partial charge in [0.2, 0.25) is 0 Å². The SMILES string of the molecule is COc1cc(C)cc(CNC(=O)NC2CCC(C(=O)O)CC2)c1. The summed E-state index contributed by atoms with van der Waals surface area (Å²) in [5.74, 6) is -0.230. The van der Waals surface area contributed by atoms with E-state index >= 15 is 0 Å². The summed E-state index contributed by atoms with van der Waals surface area (Å²) in [6.45, 7) is 2.40. The standard InChI is InChI=1S/C17H24N2O4/c1-11-7-12(9-15(8-11)23-2)10-18-17(22)19-14-5-3-13(4-6-14)16(20)21/h7-9,13-14H,3-6,10H2,1-2H3,(H,20,21)(H2,18,19,22). The van der Waals surface area contributed by atoms with Crippen molar-refractivity contribution in [1.29, 1.82) is 0 Å². The number of aliphatic carboxylic acids is 1. The number of carboxylic acid groups (broad SMARTS) is 1. The Morgan fingerprint density at radius 3 is 2.52 bits per heavy atom. The van der Waals surface area contributed by atoms with Crippen LogP contribution in [0, 0.1) is 12.8 Å². The molecule has 0 radical (unpaired) electrons. The molecule has 6 nitrogen and oxygen atoms in total. The molecule has 0 atom stereocenters. The summed E-state index contributed by atoms with van der Waals surface area (Å²) in [5, 5.41) is 14.7. The number of amides is 2. The molecule has 0 bridgehead atoms. The molecule has 1 saturated carbocycles. The average Bonchev–Trinajstić information content (AvgIpc) is 2.53. The fourth-order valence-corrected chi connectivity index (χ4v) is 2.95. The van der Waals surface area contributed by atoms with Crippen molar-refractivity contribution in [3.05, 3.63) is 29.3 Å². The highest BCUT2D eigenvalue weighted by Crippen LogP contribution is 2.24. The van der Waals surface area contributed by atoms with E-state index < -0.39 is 5.97 Å². The predicted octanol–water partition coefficient (Wildman–Crippen LogP) is 2.45. The largest absolute Gasteiger partial charge is 0.497 e. The smallest absolute Gasteiger partial charge is 0.315 e. The summed E-state index contributed by atoms with van der Waals surface area (Å²) >= 11 is 0. The molecule has 0 spiro atoms. The number of carboxylic acids is 1. The van der Waals surface area contributed by atoms with Crippen LogP contribution in [-0.4, -0.2) is 30.3 Å². The van der Waals surface area contributed by atoms with Crippen molar-refractivity contribution < 1.29 is 19.4 Å². The Kier molecular flexibility index (Phi) is 5.84. The van der Waals surface area contributed by atoms with E-state index in [4.69, 9.17) is 9.84 Å². The minimum Gasteiger partial charge on any atom is -0.497 e. The van der Waals surface area contributed by atoms with Gasteiger partial charge in [0.05, 0.1) is 13.0 Å². The van der Waals surface area contributed by atoms with E-state index in [-0.39, 0.29) is 18.0 Å². The molecule has 2 rings (SSSR count). The number of nitrogens with one attached hydrogen (secondary N) is 2. The lowest BCUT2D eigenvalue weighted by Gasteiger charge is -2.26. The summed E-state index contributed by atoms with van der Waals surface area (Å²) in [6, 6.07) is 5.67. The van der Waals surface area contributed by atoms with Crippen LogP contribution in [0.5, 0.6) is 5.75 Å². The maximum absolute atomic E-state index is 12.0. The van der Waals surface area contributed by atoms with E-state index in [1.807, 2.05) is 25.1 Å². The molecule has 0 saturated heterocycles. The van der Waals surface area contributed by atoms with Crippen molar-refractivity contribution in [3.8, 4) is 5.75 Å². The fourth-order valence-electron chi connectivity index (χ4n) is 2.95. The molecule has 0 heterocycles. The van der Waals surface area contributed by atoms with Gasteiger partial charge in [0, 0.05) is 12.6 Å². The zero-order valence-corrected chi connectivity index (χ0v) is 13.6. The summed E-state index contributed by atoms with van der Waals surface area (Å²) < 4.78 is 5.22. The highest BCUT2D eigenvalue weighted by molar-refractivity contribution is 5.74. The number of methoxy groups -OCH3 is 1. The van der Waals surface area contributed by atoms with Gasteiger partial charge in [-0.05, 0) is 55.9 Å². The fraction of sp³-hybridized carbons (Fsp3) is 0.529. The highest BCUT2D eigenvalue weighted by atomic mass is 16.5. The molecule has 1 aromatic rings. The van der Waals surface area contributed by atoms with Gasteiger partial charge in [-0.1, -0.05) is 6.07 Å². The maximum atomic E-state index is 12.0. The second-order valence-corrected chi connectivity index (χ2v) is 6.07. The number of benzene rings is 1. The Balaban J connectivity index is 1.77. The number of aryl methyl sites for hydroxylation is 1. The average molecular weight is 320 g/mol. The lowest BCUT2D eigenvalue weighted by Crippen LogP contribution is -2.43. The molecular formula is C17H24N2O4. The molecule has 1 fully saturated rings. The van der Waals surface area contributed by atoms with Crippen LogP contribution in [0.1, 0.15) is 36.8 Å². The van der Waals surface area contributed by atoms with Gasteiger partial charge >= 0.3 is 12.0 Å². The van der Waals surface area contributed by atoms with Gasteiger partial charge < -0.3 is 20.5 Å². The molecule has 126 valence electrons. The number of rotatable bonds is 5. The second kappa shape index (κ2) is 7.85. The van der Waals surface area contributed by atoms with Gasteiger partial charge in [-0.25, -0.2) is 4.79 Å². The highest BCUT2D eigenvalue weighted by Gasteiger charge is 2.26. The third-order valence-electron chi connectivity index (χ3n) is 4.21. The zero-order chi connectivity index (χ0) is 16.8. The van der Waals surface area contributed by atoms with E-state index in [2.05, 4.69) is 10.6 Å². The van der Waals surface area contributed by atoms with Crippen LogP contribution < -0.4 is 15.4 Å². The van der Waals surface area contributed by atoms with Crippen molar-refractivity contribution >= 4 is 12.0 Å². The maximum Gasteiger partial charge on any atom is 0.315 e.